The summed E-state index contributed by atoms with van der Waals surface area (Å²) in [6.45, 7) is 3.29. The average Bonchev–Trinajstić information content (AvgIpc) is 2.28. The zero-order chi connectivity index (χ0) is 11.2. The lowest BCUT2D eigenvalue weighted by atomic mass is 9.44. The number of hydrogen-bond donors (Lipinski definition) is 1. The Bertz CT molecular complexity index is 236. The van der Waals surface area contributed by atoms with Gasteiger partial charge in [-0.25, -0.2) is 0 Å². The highest BCUT2D eigenvalue weighted by Gasteiger charge is 2.55. The molecular weight excluding hydrogens is 230 g/mol. The minimum absolute atomic E-state index is 0. The lowest BCUT2D eigenvalue weighted by Crippen LogP contribution is -2.56. The van der Waals surface area contributed by atoms with Gasteiger partial charge in [0.2, 0.25) is 0 Å². The van der Waals surface area contributed by atoms with Crippen molar-refractivity contribution in [3.8, 4) is 0 Å². The Labute approximate surface area is 112 Å². The van der Waals surface area contributed by atoms with E-state index in [4.69, 9.17) is 5.73 Å². The van der Waals surface area contributed by atoms with Crippen molar-refractivity contribution in [1.82, 2.24) is 0 Å². The van der Waals surface area contributed by atoms with Crippen molar-refractivity contribution in [3.63, 3.8) is 0 Å². The van der Waals surface area contributed by atoms with Crippen LogP contribution in [0.15, 0.2) is 0 Å². The van der Waals surface area contributed by atoms with E-state index in [2.05, 4.69) is 6.92 Å². The van der Waals surface area contributed by atoms with Crippen LogP contribution in [0.2, 0.25) is 0 Å². The first kappa shape index (κ1) is 13.7. The standard InChI is InChI=1S/C15H27N.ClH/c1-2-3-4-15(10-16)13-6-11-5-12(8-13)9-14(15)7-11;/h11-14H,2-10,16H2,1H3;1H. The fraction of sp³-hybridized carbons (Fsp3) is 1.00. The maximum absolute atomic E-state index is 6.23. The molecule has 1 nitrogen and oxygen atoms in total. The first-order valence-corrected chi connectivity index (χ1v) is 7.48. The normalized spacial score (nSPS) is 46.9. The van der Waals surface area contributed by atoms with Crippen LogP contribution in [0.25, 0.3) is 0 Å². The largest absolute Gasteiger partial charge is 0.330 e. The molecule has 100 valence electrons. The second-order valence-corrected chi connectivity index (χ2v) is 6.85. The third-order valence-corrected chi connectivity index (χ3v) is 6.14. The molecule has 0 saturated heterocycles. The van der Waals surface area contributed by atoms with Gasteiger partial charge in [-0.05, 0) is 74.2 Å². The Morgan fingerprint density at radius 1 is 1.00 bits per heavy atom. The quantitative estimate of drug-likeness (QED) is 0.810. The Kier molecular flexibility index (Phi) is 4.09. The molecule has 0 amide bonds. The van der Waals surface area contributed by atoms with Crippen molar-refractivity contribution < 1.29 is 0 Å². The molecule has 0 aromatic rings. The van der Waals surface area contributed by atoms with E-state index in [1.165, 1.54) is 44.9 Å². The summed E-state index contributed by atoms with van der Waals surface area (Å²) in [5, 5.41) is 0. The van der Waals surface area contributed by atoms with Crippen LogP contribution in [0.5, 0.6) is 0 Å². The van der Waals surface area contributed by atoms with Crippen molar-refractivity contribution in [3.05, 3.63) is 0 Å². The second-order valence-electron chi connectivity index (χ2n) is 6.85. The Balaban J connectivity index is 0.00000108. The van der Waals surface area contributed by atoms with Crippen molar-refractivity contribution >= 4 is 12.4 Å². The van der Waals surface area contributed by atoms with Crippen LogP contribution in [-0.4, -0.2) is 6.54 Å². The molecule has 17 heavy (non-hydrogen) atoms. The van der Waals surface area contributed by atoms with Crippen molar-refractivity contribution in [2.24, 2.45) is 34.8 Å². The summed E-state index contributed by atoms with van der Waals surface area (Å²) in [7, 11) is 0. The van der Waals surface area contributed by atoms with E-state index >= 15 is 0 Å². The van der Waals surface area contributed by atoms with Crippen LogP contribution in [0.4, 0.5) is 0 Å². The molecule has 4 aliphatic carbocycles. The molecule has 0 radical (unpaired) electrons. The first-order valence-electron chi connectivity index (χ1n) is 7.48. The summed E-state index contributed by atoms with van der Waals surface area (Å²) in [6.07, 6.45) is 11.8. The van der Waals surface area contributed by atoms with Gasteiger partial charge in [0.25, 0.3) is 0 Å². The van der Waals surface area contributed by atoms with Gasteiger partial charge in [-0.1, -0.05) is 19.8 Å². The van der Waals surface area contributed by atoms with Crippen LogP contribution in [-0.2, 0) is 0 Å². The minimum atomic E-state index is 0. The zero-order valence-electron chi connectivity index (χ0n) is 11.2. The third kappa shape index (κ3) is 2.04. The molecule has 0 atom stereocenters. The monoisotopic (exact) mass is 257 g/mol. The van der Waals surface area contributed by atoms with Gasteiger partial charge < -0.3 is 5.73 Å². The molecule has 0 heterocycles. The van der Waals surface area contributed by atoms with Crippen LogP contribution in [0, 0.1) is 29.1 Å². The van der Waals surface area contributed by atoms with Gasteiger partial charge in [0, 0.05) is 0 Å². The Morgan fingerprint density at radius 2 is 1.53 bits per heavy atom. The van der Waals surface area contributed by atoms with Crippen LogP contribution in [0.1, 0.15) is 58.3 Å². The van der Waals surface area contributed by atoms with Crippen molar-refractivity contribution in [2.45, 2.75) is 58.3 Å². The van der Waals surface area contributed by atoms with E-state index in [0.717, 1.165) is 30.2 Å². The Hall–Kier alpha value is 0.250. The van der Waals surface area contributed by atoms with Crippen molar-refractivity contribution in [2.75, 3.05) is 6.54 Å². The molecule has 4 aliphatic rings. The van der Waals surface area contributed by atoms with Gasteiger partial charge in [-0.2, -0.15) is 0 Å². The lowest BCUT2D eigenvalue weighted by Gasteiger charge is -2.61. The summed E-state index contributed by atoms with van der Waals surface area (Å²) < 4.78 is 0. The van der Waals surface area contributed by atoms with Gasteiger partial charge in [-0.15, -0.1) is 12.4 Å². The molecule has 0 aromatic carbocycles. The van der Waals surface area contributed by atoms with Gasteiger partial charge >= 0.3 is 0 Å². The van der Waals surface area contributed by atoms with Crippen LogP contribution < -0.4 is 5.73 Å². The summed E-state index contributed by atoms with van der Waals surface area (Å²) in [6, 6.07) is 0. The SMILES string of the molecule is CCCCC1(CN)C2CC3CC(C2)CC1C3.Cl. The van der Waals surface area contributed by atoms with E-state index in [9.17, 15) is 0 Å². The average molecular weight is 258 g/mol. The summed E-state index contributed by atoms with van der Waals surface area (Å²) in [4.78, 5) is 0. The summed E-state index contributed by atoms with van der Waals surface area (Å²) in [5.74, 6) is 4.17. The molecular formula is C15H28ClN. The van der Waals surface area contributed by atoms with E-state index in [-0.39, 0.29) is 12.4 Å². The van der Waals surface area contributed by atoms with E-state index in [0.29, 0.717) is 5.41 Å². The van der Waals surface area contributed by atoms with Gasteiger partial charge in [0.1, 0.15) is 0 Å². The molecule has 0 spiro atoms. The smallest absolute Gasteiger partial charge is 0.00152 e. The van der Waals surface area contributed by atoms with E-state index in [1.54, 1.807) is 6.42 Å². The minimum Gasteiger partial charge on any atom is -0.330 e. The molecule has 2 N–H and O–H groups in total. The van der Waals surface area contributed by atoms with E-state index in [1.807, 2.05) is 0 Å². The van der Waals surface area contributed by atoms with Crippen molar-refractivity contribution in [1.29, 1.82) is 0 Å². The highest BCUT2D eigenvalue weighted by Crippen LogP contribution is 2.63. The topological polar surface area (TPSA) is 26.0 Å². The molecule has 2 heteroatoms. The molecule has 4 bridgehead atoms. The van der Waals surface area contributed by atoms with Crippen LogP contribution >= 0.6 is 12.4 Å². The number of rotatable bonds is 4. The molecule has 0 aromatic heterocycles. The first-order chi connectivity index (χ1) is 7.78. The lowest BCUT2D eigenvalue weighted by molar-refractivity contribution is -0.108. The number of halogens is 1. The number of hydrogen-bond acceptors (Lipinski definition) is 1. The van der Waals surface area contributed by atoms with Gasteiger partial charge in [0.15, 0.2) is 0 Å². The third-order valence-electron chi connectivity index (χ3n) is 6.14. The summed E-state index contributed by atoms with van der Waals surface area (Å²) in [5.41, 5.74) is 6.80. The predicted octanol–water partition coefficient (Wildman–Crippen LogP) is 4.00. The maximum Gasteiger partial charge on any atom is -0.00152 e. The molecule has 0 unspecified atom stereocenters. The van der Waals surface area contributed by atoms with Gasteiger partial charge in [0.05, 0.1) is 0 Å². The van der Waals surface area contributed by atoms with E-state index < -0.39 is 0 Å². The fourth-order valence-corrected chi connectivity index (χ4v) is 5.47. The maximum atomic E-state index is 6.23. The summed E-state index contributed by atoms with van der Waals surface area (Å²) >= 11 is 0. The number of unbranched alkanes of at least 4 members (excludes halogenated alkanes) is 1. The Morgan fingerprint density at radius 3 is 1.94 bits per heavy atom. The molecule has 4 fully saturated rings. The highest BCUT2D eigenvalue weighted by molar-refractivity contribution is 5.85. The second kappa shape index (κ2) is 5.09. The highest BCUT2D eigenvalue weighted by atomic mass is 35.5. The predicted molar refractivity (Wildman–Crippen MR) is 75.3 cm³/mol. The van der Waals surface area contributed by atoms with Crippen LogP contribution in [0.3, 0.4) is 0 Å². The van der Waals surface area contributed by atoms with Gasteiger partial charge in [-0.3, -0.25) is 0 Å². The molecule has 4 rings (SSSR count). The molecule has 4 saturated carbocycles. The molecule has 0 aliphatic heterocycles. The fourth-order valence-electron chi connectivity index (χ4n) is 5.47. The zero-order valence-corrected chi connectivity index (χ0v) is 12.0. The number of nitrogens with two attached hydrogens (primary N) is 1.